The molecule has 1 aromatic rings. The van der Waals surface area contributed by atoms with Crippen LogP contribution in [0.25, 0.3) is 0 Å². The number of carbonyl (C=O) groups excluding carboxylic acids is 1. The summed E-state index contributed by atoms with van der Waals surface area (Å²) in [6.45, 7) is 4.06. The molecule has 1 aliphatic heterocycles. The quantitative estimate of drug-likeness (QED) is 0.526. The number of aromatic nitrogens is 1. The Morgan fingerprint density at radius 3 is 2.67 bits per heavy atom. The van der Waals surface area contributed by atoms with Crippen molar-refractivity contribution in [3.63, 3.8) is 0 Å². The largest absolute Gasteiger partial charge is 0.288 e. The average molecular weight is 313 g/mol. The van der Waals surface area contributed by atoms with Gasteiger partial charge in [0.2, 0.25) is 0 Å². The van der Waals surface area contributed by atoms with Gasteiger partial charge in [0.15, 0.2) is 0 Å². The van der Waals surface area contributed by atoms with Crippen LogP contribution in [-0.2, 0) is 0 Å². The smallest absolute Gasteiger partial charge is 0.284 e. The molecule has 0 saturated carbocycles. The van der Waals surface area contributed by atoms with Gasteiger partial charge in [-0.3, -0.25) is 20.3 Å². The van der Waals surface area contributed by atoms with Crippen LogP contribution in [0.2, 0.25) is 5.15 Å². The highest BCUT2D eigenvalue weighted by Gasteiger charge is 2.27. The predicted octanol–water partition coefficient (Wildman–Crippen LogP) is 2.55. The lowest BCUT2D eigenvalue weighted by Crippen LogP contribution is -2.54. The molecule has 1 fully saturated rings. The standard InChI is InChI=1S/C13H17ClN4O3/c1-8-4-3-5-9(2)17(8)16-13(19)11-6-10(18(20)21)7-15-12(11)14/h6-9H,3-5H2,1-2H3,(H,16,19). The van der Waals surface area contributed by atoms with Crippen LogP contribution in [0.4, 0.5) is 5.69 Å². The molecule has 1 aromatic heterocycles. The summed E-state index contributed by atoms with van der Waals surface area (Å²) in [5.41, 5.74) is 2.54. The first kappa shape index (κ1) is 15.7. The molecule has 2 atom stereocenters. The molecule has 1 aliphatic rings. The Kier molecular flexibility index (Phi) is 4.74. The number of hydrazine groups is 1. The van der Waals surface area contributed by atoms with Gasteiger partial charge in [-0.2, -0.15) is 0 Å². The van der Waals surface area contributed by atoms with Crippen LogP contribution < -0.4 is 5.43 Å². The third-order valence-corrected chi connectivity index (χ3v) is 4.01. The van der Waals surface area contributed by atoms with E-state index in [0.29, 0.717) is 0 Å². The van der Waals surface area contributed by atoms with Gasteiger partial charge in [-0.15, -0.1) is 0 Å². The Balaban J connectivity index is 2.20. The van der Waals surface area contributed by atoms with E-state index in [1.807, 2.05) is 18.9 Å². The van der Waals surface area contributed by atoms with Crippen molar-refractivity contribution in [3.05, 3.63) is 33.1 Å². The summed E-state index contributed by atoms with van der Waals surface area (Å²) >= 11 is 5.87. The normalized spacial score (nSPS) is 22.8. The Labute approximate surface area is 127 Å². The van der Waals surface area contributed by atoms with E-state index >= 15 is 0 Å². The Bertz CT molecular complexity index is 556. The van der Waals surface area contributed by atoms with Crippen LogP contribution in [0, 0.1) is 10.1 Å². The van der Waals surface area contributed by atoms with Gasteiger partial charge in [-0.1, -0.05) is 18.0 Å². The van der Waals surface area contributed by atoms with Crippen molar-refractivity contribution in [2.75, 3.05) is 0 Å². The van der Waals surface area contributed by atoms with E-state index in [1.54, 1.807) is 0 Å². The molecule has 1 amide bonds. The van der Waals surface area contributed by atoms with E-state index in [4.69, 9.17) is 11.6 Å². The first-order valence-corrected chi connectivity index (χ1v) is 7.17. The summed E-state index contributed by atoms with van der Waals surface area (Å²) in [4.78, 5) is 26.2. The molecule has 2 heterocycles. The molecule has 0 aliphatic carbocycles. The van der Waals surface area contributed by atoms with E-state index in [-0.39, 0.29) is 28.5 Å². The van der Waals surface area contributed by atoms with Gasteiger partial charge in [0.1, 0.15) is 11.3 Å². The Morgan fingerprint density at radius 2 is 2.10 bits per heavy atom. The SMILES string of the molecule is CC1CCCC(C)N1NC(=O)c1cc([N+](=O)[O-])cnc1Cl. The zero-order valence-electron chi connectivity index (χ0n) is 11.9. The minimum Gasteiger partial charge on any atom is -0.284 e. The minimum absolute atomic E-state index is 0.0100. The van der Waals surface area contributed by atoms with Crippen molar-refractivity contribution in [1.82, 2.24) is 15.4 Å². The fourth-order valence-electron chi connectivity index (χ4n) is 2.52. The van der Waals surface area contributed by atoms with Crippen molar-refractivity contribution in [3.8, 4) is 0 Å². The number of hydrogen-bond donors (Lipinski definition) is 1. The van der Waals surface area contributed by atoms with Gasteiger partial charge in [0.05, 0.1) is 10.5 Å². The Hall–Kier alpha value is -1.73. The fourth-order valence-corrected chi connectivity index (χ4v) is 2.70. The molecule has 114 valence electrons. The van der Waals surface area contributed by atoms with Gasteiger partial charge in [0, 0.05) is 18.2 Å². The van der Waals surface area contributed by atoms with Gasteiger partial charge in [0.25, 0.3) is 11.6 Å². The molecule has 21 heavy (non-hydrogen) atoms. The summed E-state index contributed by atoms with van der Waals surface area (Å²) in [5, 5.41) is 12.6. The van der Waals surface area contributed by atoms with E-state index < -0.39 is 10.8 Å². The van der Waals surface area contributed by atoms with Crippen LogP contribution in [0.15, 0.2) is 12.3 Å². The Morgan fingerprint density at radius 1 is 1.48 bits per heavy atom. The van der Waals surface area contributed by atoms with Gasteiger partial charge < -0.3 is 0 Å². The second-order valence-corrected chi connectivity index (χ2v) is 5.62. The zero-order valence-corrected chi connectivity index (χ0v) is 12.6. The second-order valence-electron chi connectivity index (χ2n) is 5.27. The number of carbonyl (C=O) groups is 1. The summed E-state index contributed by atoms with van der Waals surface area (Å²) in [5.74, 6) is -0.475. The van der Waals surface area contributed by atoms with E-state index in [2.05, 4.69) is 10.4 Å². The van der Waals surface area contributed by atoms with Crippen LogP contribution >= 0.6 is 11.6 Å². The molecule has 2 rings (SSSR count). The van der Waals surface area contributed by atoms with E-state index in [1.165, 1.54) is 0 Å². The molecular weight excluding hydrogens is 296 g/mol. The number of nitrogens with zero attached hydrogens (tertiary/aromatic N) is 3. The average Bonchev–Trinajstić information content (AvgIpc) is 2.43. The molecule has 1 saturated heterocycles. The lowest BCUT2D eigenvalue weighted by Gasteiger charge is -2.38. The molecule has 0 bridgehead atoms. The molecule has 8 heteroatoms. The number of nitrogens with one attached hydrogen (secondary N) is 1. The molecule has 0 spiro atoms. The number of piperidine rings is 1. The van der Waals surface area contributed by atoms with Crippen LogP contribution in [0.3, 0.4) is 0 Å². The highest BCUT2D eigenvalue weighted by atomic mass is 35.5. The van der Waals surface area contributed by atoms with Crippen LogP contribution in [0.5, 0.6) is 0 Å². The zero-order chi connectivity index (χ0) is 15.6. The number of hydrogen-bond acceptors (Lipinski definition) is 5. The molecule has 7 nitrogen and oxygen atoms in total. The third-order valence-electron chi connectivity index (χ3n) is 3.70. The van der Waals surface area contributed by atoms with Crippen molar-refractivity contribution < 1.29 is 9.72 Å². The second kappa shape index (κ2) is 6.36. The topological polar surface area (TPSA) is 88.4 Å². The number of nitro groups is 1. The van der Waals surface area contributed by atoms with Gasteiger partial charge in [-0.25, -0.2) is 9.99 Å². The summed E-state index contributed by atoms with van der Waals surface area (Å²) < 4.78 is 0. The number of rotatable bonds is 3. The van der Waals surface area contributed by atoms with Gasteiger partial charge in [-0.05, 0) is 26.7 Å². The minimum atomic E-state index is -0.605. The predicted molar refractivity (Wildman–Crippen MR) is 78.0 cm³/mol. The summed E-state index contributed by atoms with van der Waals surface area (Å²) in [6, 6.07) is 1.57. The first-order valence-electron chi connectivity index (χ1n) is 6.79. The van der Waals surface area contributed by atoms with E-state index in [9.17, 15) is 14.9 Å². The maximum absolute atomic E-state index is 12.3. The van der Waals surface area contributed by atoms with Crippen molar-refractivity contribution in [2.45, 2.75) is 45.2 Å². The van der Waals surface area contributed by atoms with Crippen LogP contribution in [0.1, 0.15) is 43.5 Å². The molecule has 0 radical (unpaired) electrons. The lowest BCUT2D eigenvalue weighted by atomic mass is 10.00. The van der Waals surface area contributed by atoms with Gasteiger partial charge >= 0.3 is 0 Å². The third kappa shape index (κ3) is 3.48. The van der Waals surface area contributed by atoms with Crippen molar-refractivity contribution >= 4 is 23.2 Å². The number of amides is 1. The maximum atomic E-state index is 12.3. The molecule has 0 aromatic carbocycles. The van der Waals surface area contributed by atoms with Crippen molar-refractivity contribution in [2.24, 2.45) is 0 Å². The number of pyridine rings is 1. The number of halogens is 1. The lowest BCUT2D eigenvalue weighted by molar-refractivity contribution is -0.385. The summed E-state index contributed by atoms with van der Waals surface area (Å²) in [7, 11) is 0. The highest BCUT2D eigenvalue weighted by molar-refractivity contribution is 6.32. The first-order chi connectivity index (χ1) is 9.90. The summed E-state index contributed by atoms with van der Waals surface area (Å²) in [6.07, 6.45) is 4.14. The van der Waals surface area contributed by atoms with E-state index in [0.717, 1.165) is 31.5 Å². The maximum Gasteiger partial charge on any atom is 0.288 e. The monoisotopic (exact) mass is 312 g/mol. The fraction of sp³-hybridized carbons (Fsp3) is 0.538. The molecular formula is C13H17ClN4O3. The van der Waals surface area contributed by atoms with Crippen molar-refractivity contribution in [1.29, 1.82) is 0 Å². The molecule has 1 N–H and O–H groups in total. The highest BCUT2D eigenvalue weighted by Crippen LogP contribution is 2.22. The van der Waals surface area contributed by atoms with Crippen LogP contribution in [-0.4, -0.2) is 32.9 Å². The molecule has 2 unspecified atom stereocenters.